The van der Waals surface area contributed by atoms with Gasteiger partial charge in [-0.25, -0.2) is 5.48 Å². The molecule has 3 nitrogen and oxygen atoms in total. The van der Waals surface area contributed by atoms with Gasteiger partial charge in [0.15, 0.2) is 0 Å². The van der Waals surface area contributed by atoms with E-state index in [-0.39, 0.29) is 0 Å². The van der Waals surface area contributed by atoms with E-state index < -0.39 is 0 Å². The van der Waals surface area contributed by atoms with Gasteiger partial charge in [0.25, 0.3) is 0 Å². The van der Waals surface area contributed by atoms with Crippen molar-refractivity contribution in [3.63, 3.8) is 0 Å². The topological polar surface area (TPSA) is 45.1 Å². The Morgan fingerprint density at radius 1 is 1.07 bits per heavy atom. The first-order valence-corrected chi connectivity index (χ1v) is 4.76. The van der Waals surface area contributed by atoms with Crippen molar-refractivity contribution in [2.45, 2.75) is 6.54 Å². The van der Waals surface area contributed by atoms with Gasteiger partial charge < -0.3 is 5.21 Å². The van der Waals surface area contributed by atoms with Gasteiger partial charge in [0.05, 0.1) is 0 Å². The maximum atomic E-state index is 8.60. The molecule has 0 unspecified atom stereocenters. The summed E-state index contributed by atoms with van der Waals surface area (Å²) in [6.45, 7) is 0.410. The molecule has 0 amide bonds. The van der Waals surface area contributed by atoms with Gasteiger partial charge in [-0.3, -0.25) is 4.98 Å². The van der Waals surface area contributed by atoms with Crippen LogP contribution in [0.4, 0.5) is 0 Å². The lowest BCUT2D eigenvalue weighted by Crippen LogP contribution is -2.06. The highest BCUT2D eigenvalue weighted by Crippen LogP contribution is 2.18. The van der Waals surface area contributed by atoms with Crippen LogP contribution in [0.15, 0.2) is 48.8 Å². The number of rotatable bonds is 3. The smallest absolute Gasteiger partial charge is 0.0473 e. The molecule has 0 radical (unpaired) electrons. The molecule has 0 fully saturated rings. The molecular formula is C12H12N2O. The third-order valence-electron chi connectivity index (χ3n) is 2.19. The summed E-state index contributed by atoms with van der Waals surface area (Å²) in [5.41, 5.74) is 5.27. The Kier molecular flexibility index (Phi) is 3.07. The SMILES string of the molecule is ONCc1cncc(-c2ccccc2)c1. The highest BCUT2D eigenvalue weighted by atomic mass is 16.5. The summed E-state index contributed by atoms with van der Waals surface area (Å²) in [7, 11) is 0. The van der Waals surface area contributed by atoms with Crippen LogP contribution in [0.5, 0.6) is 0 Å². The zero-order chi connectivity index (χ0) is 10.5. The van der Waals surface area contributed by atoms with Crippen LogP contribution in [0, 0.1) is 0 Å². The molecule has 0 aliphatic carbocycles. The van der Waals surface area contributed by atoms with Crippen LogP contribution in [-0.2, 0) is 6.54 Å². The Balaban J connectivity index is 2.33. The molecule has 3 heteroatoms. The zero-order valence-corrected chi connectivity index (χ0v) is 8.22. The van der Waals surface area contributed by atoms with Crippen molar-refractivity contribution in [3.8, 4) is 11.1 Å². The van der Waals surface area contributed by atoms with Gasteiger partial charge in [0.2, 0.25) is 0 Å². The number of hydrogen-bond donors (Lipinski definition) is 2. The molecule has 1 aromatic carbocycles. The van der Waals surface area contributed by atoms with E-state index in [0.717, 1.165) is 16.7 Å². The van der Waals surface area contributed by atoms with Gasteiger partial charge in [-0.05, 0) is 17.2 Å². The molecule has 2 N–H and O–H groups in total. The van der Waals surface area contributed by atoms with E-state index in [4.69, 9.17) is 5.21 Å². The van der Waals surface area contributed by atoms with Gasteiger partial charge in [-0.1, -0.05) is 30.3 Å². The van der Waals surface area contributed by atoms with Crippen molar-refractivity contribution in [2.24, 2.45) is 0 Å². The molecule has 0 saturated carbocycles. The standard InChI is InChI=1S/C12H12N2O/c15-14-8-10-6-12(9-13-7-10)11-4-2-1-3-5-11/h1-7,9,14-15H,8H2. The summed E-state index contributed by atoms with van der Waals surface area (Å²) in [6, 6.07) is 12.0. The van der Waals surface area contributed by atoms with Gasteiger partial charge in [0, 0.05) is 24.5 Å². The van der Waals surface area contributed by atoms with Gasteiger partial charge in [-0.15, -0.1) is 0 Å². The van der Waals surface area contributed by atoms with E-state index in [9.17, 15) is 0 Å². The lowest BCUT2D eigenvalue weighted by atomic mass is 10.1. The van der Waals surface area contributed by atoms with Crippen LogP contribution in [0.2, 0.25) is 0 Å². The molecule has 0 atom stereocenters. The van der Waals surface area contributed by atoms with E-state index in [1.807, 2.05) is 42.6 Å². The maximum absolute atomic E-state index is 8.60. The molecule has 76 valence electrons. The van der Waals surface area contributed by atoms with E-state index in [1.54, 1.807) is 6.20 Å². The Labute approximate surface area is 88.4 Å². The largest absolute Gasteiger partial charge is 0.316 e. The second kappa shape index (κ2) is 4.68. The number of hydroxylamine groups is 1. The van der Waals surface area contributed by atoms with Crippen LogP contribution < -0.4 is 5.48 Å². The lowest BCUT2D eigenvalue weighted by Gasteiger charge is -2.03. The molecule has 2 rings (SSSR count). The molecule has 2 aromatic rings. The Bertz CT molecular complexity index is 429. The number of benzene rings is 1. The monoisotopic (exact) mass is 200 g/mol. The minimum atomic E-state index is 0.410. The fourth-order valence-corrected chi connectivity index (χ4v) is 1.46. The summed E-state index contributed by atoms with van der Waals surface area (Å²) in [4.78, 5) is 4.13. The minimum Gasteiger partial charge on any atom is -0.316 e. The van der Waals surface area contributed by atoms with E-state index >= 15 is 0 Å². The average Bonchev–Trinajstić information content (AvgIpc) is 2.31. The Morgan fingerprint density at radius 2 is 1.87 bits per heavy atom. The minimum absolute atomic E-state index is 0.410. The van der Waals surface area contributed by atoms with Crippen molar-refractivity contribution < 1.29 is 5.21 Å². The Morgan fingerprint density at radius 3 is 2.60 bits per heavy atom. The third-order valence-corrected chi connectivity index (χ3v) is 2.19. The first-order valence-electron chi connectivity index (χ1n) is 4.76. The fraction of sp³-hybridized carbons (Fsp3) is 0.0833. The lowest BCUT2D eigenvalue weighted by molar-refractivity contribution is 0.161. The quantitative estimate of drug-likeness (QED) is 0.747. The molecular weight excluding hydrogens is 188 g/mol. The third kappa shape index (κ3) is 2.40. The summed E-state index contributed by atoms with van der Waals surface area (Å²) >= 11 is 0. The van der Waals surface area contributed by atoms with E-state index in [0.29, 0.717) is 6.54 Å². The number of pyridine rings is 1. The highest BCUT2D eigenvalue weighted by Gasteiger charge is 1.98. The van der Waals surface area contributed by atoms with Crippen LogP contribution in [0.25, 0.3) is 11.1 Å². The zero-order valence-electron chi connectivity index (χ0n) is 8.22. The second-order valence-electron chi connectivity index (χ2n) is 3.28. The molecule has 15 heavy (non-hydrogen) atoms. The van der Waals surface area contributed by atoms with Gasteiger partial charge >= 0.3 is 0 Å². The van der Waals surface area contributed by atoms with Crippen LogP contribution in [0.1, 0.15) is 5.56 Å². The molecule has 0 spiro atoms. The first-order chi connectivity index (χ1) is 7.40. The predicted octanol–water partition coefficient (Wildman–Crippen LogP) is 2.23. The van der Waals surface area contributed by atoms with Gasteiger partial charge in [-0.2, -0.15) is 0 Å². The number of hydrogen-bond acceptors (Lipinski definition) is 3. The summed E-state index contributed by atoms with van der Waals surface area (Å²) in [5, 5.41) is 8.60. The van der Waals surface area contributed by atoms with Gasteiger partial charge in [0.1, 0.15) is 0 Å². The van der Waals surface area contributed by atoms with E-state index in [2.05, 4.69) is 10.5 Å². The summed E-state index contributed by atoms with van der Waals surface area (Å²) in [6.07, 6.45) is 3.55. The van der Waals surface area contributed by atoms with Crippen LogP contribution in [-0.4, -0.2) is 10.2 Å². The van der Waals surface area contributed by atoms with Crippen LogP contribution in [0.3, 0.4) is 0 Å². The van der Waals surface area contributed by atoms with E-state index in [1.165, 1.54) is 0 Å². The summed E-state index contributed by atoms with van der Waals surface area (Å²) < 4.78 is 0. The predicted molar refractivity (Wildman–Crippen MR) is 58.3 cm³/mol. The van der Waals surface area contributed by atoms with Crippen molar-refractivity contribution in [2.75, 3.05) is 0 Å². The molecule has 0 bridgehead atoms. The van der Waals surface area contributed by atoms with Crippen molar-refractivity contribution in [3.05, 3.63) is 54.4 Å². The normalized spacial score (nSPS) is 10.2. The average molecular weight is 200 g/mol. The Hall–Kier alpha value is -1.71. The highest BCUT2D eigenvalue weighted by molar-refractivity contribution is 5.62. The molecule has 0 saturated heterocycles. The van der Waals surface area contributed by atoms with Crippen molar-refractivity contribution in [1.82, 2.24) is 10.5 Å². The fourth-order valence-electron chi connectivity index (χ4n) is 1.46. The molecule has 0 aliphatic heterocycles. The summed E-state index contributed by atoms with van der Waals surface area (Å²) in [5.74, 6) is 0. The van der Waals surface area contributed by atoms with Crippen molar-refractivity contribution >= 4 is 0 Å². The second-order valence-corrected chi connectivity index (χ2v) is 3.28. The number of aromatic nitrogens is 1. The first kappa shape index (κ1) is 9.83. The molecule has 1 heterocycles. The molecule has 0 aliphatic rings. The number of nitrogens with zero attached hydrogens (tertiary/aromatic N) is 1. The molecule has 1 aromatic heterocycles. The number of nitrogens with one attached hydrogen (secondary N) is 1. The maximum Gasteiger partial charge on any atom is 0.0473 e. The van der Waals surface area contributed by atoms with Crippen LogP contribution >= 0.6 is 0 Å². The van der Waals surface area contributed by atoms with Crippen molar-refractivity contribution in [1.29, 1.82) is 0 Å².